The fraction of sp³-hybridized carbons (Fsp3) is 0.800. The maximum atomic E-state index is 4.54. The van der Waals surface area contributed by atoms with Gasteiger partial charge in [0.1, 0.15) is 11.6 Å². The molecule has 0 amide bonds. The summed E-state index contributed by atoms with van der Waals surface area (Å²) in [4.78, 5) is 8.85. The Bertz CT molecular complexity index is 518. The molecular formula is C15H30IN7. The van der Waals surface area contributed by atoms with Crippen LogP contribution < -0.4 is 16.0 Å². The summed E-state index contributed by atoms with van der Waals surface area (Å²) in [6, 6.07) is 0.178. The van der Waals surface area contributed by atoms with E-state index in [2.05, 4.69) is 51.8 Å². The van der Waals surface area contributed by atoms with Crippen LogP contribution in [-0.4, -0.2) is 46.4 Å². The van der Waals surface area contributed by atoms with E-state index in [1.54, 1.807) is 7.05 Å². The van der Waals surface area contributed by atoms with Crippen molar-refractivity contribution in [2.45, 2.75) is 58.7 Å². The quantitative estimate of drug-likeness (QED) is 0.290. The molecule has 3 N–H and O–H groups in total. The van der Waals surface area contributed by atoms with Crippen LogP contribution >= 0.6 is 24.0 Å². The summed E-state index contributed by atoms with van der Waals surface area (Å²) < 4.78 is 2.00. The van der Waals surface area contributed by atoms with E-state index in [0.29, 0.717) is 0 Å². The lowest BCUT2D eigenvalue weighted by Gasteiger charge is -2.25. The van der Waals surface area contributed by atoms with Crippen LogP contribution in [0.25, 0.3) is 0 Å². The van der Waals surface area contributed by atoms with Gasteiger partial charge in [0, 0.05) is 32.2 Å². The third kappa shape index (κ3) is 6.25. The van der Waals surface area contributed by atoms with Crippen LogP contribution in [0.15, 0.2) is 4.99 Å². The molecule has 1 aliphatic rings. The summed E-state index contributed by atoms with van der Waals surface area (Å²) >= 11 is 0. The lowest BCUT2D eigenvalue weighted by molar-refractivity contribution is 0.396. The minimum absolute atomic E-state index is 0. The second-order valence-electron chi connectivity index (χ2n) is 6.76. The molecule has 2 heterocycles. The van der Waals surface area contributed by atoms with Crippen molar-refractivity contribution in [3.63, 3.8) is 0 Å². The zero-order valence-corrected chi connectivity index (χ0v) is 17.1. The average Bonchev–Trinajstić information content (AvgIpc) is 2.82. The third-order valence-electron chi connectivity index (χ3n) is 3.59. The van der Waals surface area contributed by atoms with Crippen molar-refractivity contribution >= 4 is 29.9 Å². The standard InChI is InChI=1S/C15H29N7.HI/c1-11-19-13-12(7-6-10-22(13)21-11)20-14(16-5)17-8-9-18-15(2,3)4;/h12,18H,6-10H2,1-5H3,(H2,16,17,20);1H. The van der Waals surface area contributed by atoms with Crippen LogP contribution in [0, 0.1) is 6.92 Å². The van der Waals surface area contributed by atoms with Gasteiger partial charge in [0.2, 0.25) is 0 Å². The Morgan fingerprint density at radius 2 is 2.09 bits per heavy atom. The highest BCUT2D eigenvalue weighted by Gasteiger charge is 2.24. The van der Waals surface area contributed by atoms with Gasteiger partial charge in [-0.1, -0.05) is 0 Å². The molecule has 1 atom stereocenters. The van der Waals surface area contributed by atoms with E-state index in [1.807, 2.05) is 11.6 Å². The number of aryl methyl sites for hydroxylation is 2. The normalized spacial score (nSPS) is 18.1. The predicted octanol–water partition coefficient (Wildman–Crippen LogP) is 1.59. The number of aromatic nitrogens is 3. The van der Waals surface area contributed by atoms with Gasteiger partial charge in [-0.15, -0.1) is 24.0 Å². The molecule has 7 nitrogen and oxygen atoms in total. The van der Waals surface area contributed by atoms with Gasteiger partial charge >= 0.3 is 0 Å². The Labute approximate surface area is 156 Å². The number of hydrogen-bond acceptors (Lipinski definition) is 4. The van der Waals surface area contributed by atoms with Crippen molar-refractivity contribution in [1.82, 2.24) is 30.7 Å². The van der Waals surface area contributed by atoms with Gasteiger partial charge in [0.25, 0.3) is 0 Å². The Morgan fingerprint density at radius 1 is 1.35 bits per heavy atom. The van der Waals surface area contributed by atoms with Crippen molar-refractivity contribution in [2.24, 2.45) is 4.99 Å². The summed E-state index contributed by atoms with van der Waals surface area (Å²) in [5.41, 5.74) is 0.135. The van der Waals surface area contributed by atoms with Crippen molar-refractivity contribution in [2.75, 3.05) is 20.1 Å². The molecule has 23 heavy (non-hydrogen) atoms. The molecule has 1 aliphatic heterocycles. The maximum absolute atomic E-state index is 4.54. The van der Waals surface area contributed by atoms with Crippen molar-refractivity contribution < 1.29 is 0 Å². The summed E-state index contributed by atoms with van der Waals surface area (Å²) in [7, 11) is 1.80. The van der Waals surface area contributed by atoms with E-state index in [9.17, 15) is 0 Å². The number of hydrogen-bond donors (Lipinski definition) is 3. The molecule has 0 radical (unpaired) electrons. The Morgan fingerprint density at radius 3 is 2.74 bits per heavy atom. The molecule has 132 valence electrons. The molecule has 1 unspecified atom stereocenters. The maximum Gasteiger partial charge on any atom is 0.191 e. The first-order chi connectivity index (χ1) is 10.4. The van der Waals surface area contributed by atoms with E-state index in [-0.39, 0.29) is 35.6 Å². The smallest absolute Gasteiger partial charge is 0.191 e. The van der Waals surface area contributed by atoms with E-state index in [0.717, 1.165) is 50.1 Å². The zero-order valence-electron chi connectivity index (χ0n) is 14.8. The highest BCUT2D eigenvalue weighted by molar-refractivity contribution is 14.0. The second kappa shape index (κ2) is 8.81. The number of nitrogens with zero attached hydrogens (tertiary/aromatic N) is 4. The monoisotopic (exact) mass is 435 g/mol. The third-order valence-corrected chi connectivity index (χ3v) is 3.59. The first-order valence-electron chi connectivity index (χ1n) is 8.02. The lowest BCUT2D eigenvalue weighted by atomic mass is 10.1. The van der Waals surface area contributed by atoms with Crippen molar-refractivity contribution in [3.05, 3.63) is 11.6 Å². The molecule has 1 aromatic heterocycles. The molecule has 0 saturated heterocycles. The topological polar surface area (TPSA) is 79.2 Å². The lowest BCUT2D eigenvalue weighted by Crippen LogP contribution is -2.46. The Hall–Kier alpha value is -0.900. The summed E-state index contributed by atoms with van der Waals surface area (Å²) in [5.74, 6) is 2.66. The van der Waals surface area contributed by atoms with Crippen LogP contribution in [0.4, 0.5) is 0 Å². The fourth-order valence-electron chi connectivity index (χ4n) is 2.58. The van der Waals surface area contributed by atoms with E-state index in [1.165, 1.54) is 0 Å². The molecule has 0 bridgehead atoms. The van der Waals surface area contributed by atoms with Gasteiger partial charge in [-0.05, 0) is 40.5 Å². The first kappa shape index (κ1) is 20.1. The fourth-order valence-corrected chi connectivity index (χ4v) is 2.58. The van der Waals surface area contributed by atoms with E-state index >= 15 is 0 Å². The molecule has 0 aliphatic carbocycles. The highest BCUT2D eigenvalue weighted by Crippen LogP contribution is 2.22. The molecule has 0 spiro atoms. The van der Waals surface area contributed by atoms with Crippen LogP contribution in [0.5, 0.6) is 0 Å². The summed E-state index contributed by atoms with van der Waals surface area (Å²) in [6.07, 6.45) is 2.16. The number of rotatable bonds is 4. The first-order valence-corrected chi connectivity index (χ1v) is 8.02. The molecule has 0 saturated carbocycles. The number of nitrogens with one attached hydrogen (secondary N) is 3. The number of aliphatic imine (C=N–C) groups is 1. The van der Waals surface area contributed by atoms with Crippen molar-refractivity contribution in [3.8, 4) is 0 Å². The van der Waals surface area contributed by atoms with Gasteiger partial charge < -0.3 is 16.0 Å². The SMILES string of the molecule is CN=C(NCCNC(C)(C)C)NC1CCCn2nc(C)nc21.I. The van der Waals surface area contributed by atoms with Crippen LogP contribution in [0.3, 0.4) is 0 Å². The average molecular weight is 435 g/mol. The zero-order chi connectivity index (χ0) is 16.2. The minimum atomic E-state index is 0. The number of fused-ring (bicyclic) bond motifs is 1. The van der Waals surface area contributed by atoms with Gasteiger partial charge in [0.05, 0.1) is 6.04 Å². The largest absolute Gasteiger partial charge is 0.355 e. The Kier molecular flexibility index (Phi) is 7.72. The molecular weight excluding hydrogens is 405 g/mol. The van der Waals surface area contributed by atoms with Crippen molar-refractivity contribution in [1.29, 1.82) is 0 Å². The molecule has 2 rings (SSSR count). The van der Waals surface area contributed by atoms with Crippen LogP contribution in [-0.2, 0) is 6.54 Å². The molecule has 0 fully saturated rings. The number of halogens is 1. The molecule has 8 heteroatoms. The second-order valence-corrected chi connectivity index (χ2v) is 6.76. The van der Waals surface area contributed by atoms with Crippen LogP contribution in [0.2, 0.25) is 0 Å². The molecule has 0 aromatic carbocycles. The predicted molar refractivity (Wildman–Crippen MR) is 104 cm³/mol. The van der Waals surface area contributed by atoms with E-state index in [4.69, 9.17) is 0 Å². The number of guanidine groups is 1. The summed E-state index contributed by atoms with van der Waals surface area (Å²) in [6.45, 7) is 11.1. The minimum Gasteiger partial charge on any atom is -0.355 e. The van der Waals surface area contributed by atoms with Crippen LogP contribution in [0.1, 0.15) is 51.3 Å². The Balaban J connectivity index is 0.00000264. The van der Waals surface area contributed by atoms with Gasteiger partial charge in [-0.3, -0.25) is 4.99 Å². The summed E-state index contributed by atoms with van der Waals surface area (Å²) in [5, 5.41) is 14.7. The van der Waals surface area contributed by atoms with Gasteiger partial charge in [-0.2, -0.15) is 5.10 Å². The highest BCUT2D eigenvalue weighted by atomic mass is 127. The molecule has 1 aromatic rings. The van der Waals surface area contributed by atoms with E-state index < -0.39 is 0 Å². The van der Waals surface area contributed by atoms with Gasteiger partial charge in [-0.25, -0.2) is 9.67 Å². The van der Waals surface area contributed by atoms with Gasteiger partial charge in [0.15, 0.2) is 5.96 Å².